The number of likely N-dealkylation sites (tertiary alicyclic amines) is 1. The number of hydrogen-bond donors (Lipinski definition) is 3. The molecule has 5 N–H and O–H groups in total. The lowest BCUT2D eigenvalue weighted by molar-refractivity contribution is -0.152. The molecule has 10 heterocycles. The SMILES string of the molecule is CS(=O)(=O)OCC(F)(F)F.Cl.Nc1ncc(-c2nc(N3CCOCC3)nc3c2ncn3C2CCN(CC(F)(F)F)CC2)cn1.Nc1ncc(-c2nc(N3CCOCC3)nc3c2ncn3C2CCNCC2)cn1. The normalized spacial score (nSPS) is 17.8. The van der Waals surface area contributed by atoms with Gasteiger partial charge in [-0.3, -0.25) is 9.08 Å². The van der Waals surface area contributed by atoms with Gasteiger partial charge >= 0.3 is 12.4 Å². The third kappa shape index (κ3) is 14.2. The molecule has 0 amide bonds. The number of anilines is 4. The van der Waals surface area contributed by atoms with Crippen molar-refractivity contribution in [2.24, 2.45) is 0 Å². The number of nitrogens with two attached hydrogens (primary N) is 2. The van der Waals surface area contributed by atoms with E-state index in [2.05, 4.69) is 48.9 Å². The minimum absolute atomic E-state index is 0. The van der Waals surface area contributed by atoms with Gasteiger partial charge in [-0.05, 0) is 38.8 Å². The molecule has 4 saturated heterocycles. The van der Waals surface area contributed by atoms with E-state index in [-0.39, 0.29) is 30.3 Å². The number of morpholine rings is 2. The number of piperidine rings is 2. The van der Waals surface area contributed by atoms with Gasteiger partial charge in [0.1, 0.15) is 22.4 Å². The van der Waals surface area contributed by atoms with E-state index in [1.165, 1.54) is 4.90 Å². The van der Waals surface area contributed by atoms with Crippen molar-refractivity contribution < 1.29 is 48.4 Å². The first kappa shape index (κ1) is 53.9. The van der Waals surface area contributed by atoms with Gasteiger partial charge in [-0.1, -0.05) is 0 Å². The first-order chi connectivity index (χ1) is 33.9. The number of ether oxygens (including phenoxy) is 2. The van der Waals surface area contributed by atoms with Gasteiger partial charge < -0.3 is 45.2 Å². The highest BCUT2D eigenvalue weighted by molar-refractivity contribution is 7.86. The van der Waals surface area contributed by atoms with Crippen LogP contribution < -0.4 is 26.6 Å². The Hall–Kier alpha value is -5.92. The van der Waals surface area contributed by atoms with Crippen molar-refractivity contribution in [3.05, 3.63) is 37.4 Å². The number of nitrogens with zero attached hydrogens (tertiary/aromatic N) is 15. The highest BCUT2D eigenvalue weighted by Gasteiger charge is 2.34. The molecule has 10 rings (SSSR count). The molecule has 0 saturated carbocycles. The molecule has 6 aromatic rings. The van der Waals surface area contributed by atoms with Crippen molar-refractivity contribution in [2.75, 3.05) is 119 Å². The standard InChI is InChI=1S/C20H24F3N9O.C18H23N9O.C3H5F3O3S.ClH/c21-20(22,23)11-30-3-1-14(2-4-30)32-12-27-16-15(13-9-25-18(24)26-10-13)28-19(29-17(16)32)31-5-7-33-8-6-31;19-17-21-9-12(10-22-17)14-15-16(25-18(24-14)26-5-7-28-8-6-26)27(11-23-15)13-1-3-20-4-2-13;1-10(7,8)9-2-3(4,5)6;/h9-10,12,14H,1-8,11H2,(H2,24,25,26);9-11,13,20H,1-8H2,(H2,19,21,22);2H2,1H3;1H. The zero-order chi connectivity index (χ0) is 50.3. The van der Waals surface area contributed by atoms with Crippen LogP contribution >= 0.6 is 12.4 Å². The molecule has 0 aliphatic carbocycles. The summed E-state index contributed by atoms with van der Waals surface area (Å²) < 4.78 is 110. The van der Waals surface area contributed by atoms with E-state index in [1.807, 2.05) is 15.8 Å². The smallest absolute Gasteiger partial charge is 0.378 e. The molecule has 392 valence electrons. The Morgan fingerprint density at radius 1 is 0.639 bits per heavy atom. The highest BCUT2D eigenvalue weighted by Crippen LogP contribution is 2.34. The Morgan fingerprint density at radius 2 is 1.06 bits per heavy atom. The Morgan fingerprint density at radius 3 is 1.43 bits per heavy atom. The molecule has 4 fully saturated rings. The Balaban J connectivity index is 0.000000178. The lowest BCUT2D eigenvalue weighted by atomic mass is 10.0. The van der Waals surface area contributed by atoms with Gasteiger partial charge in [0.2, 0.25) is 23.8 Å². The molecule has 4 aliphatic rings. The minimum Gasteiger partial charge on any atom is -0.378 e. The second-order valence-electron chi connectivity index (χ2n) is 16.9. The number of imidazole rings is 2. The fraction of sp³-hybridized carbons (Fsp3) is 0.561. The predicted octanol–water partition coefficient (Wildman–Crippen LogP) is 3.47. The van der Waals surface area contributed by atoms with Crippen LogP contribution in [0.1, 0.15) is 37.8 Å². The average Bonchev–Trinajstić information content (AvgIpc) is 3.99. The van der Waals surface area contributed by atoms with E-state index in [9.17, 15) is 34.8 Å². The monoisotopic (exact) mass is 1060 g/mol. The van der Waals surface area contributed by atoms with Crippen LogP contribution in [0.15, 0.2) is 37.4 Å². The maximum Gasteiger partial charge on any atom is 0.413 e. The molecule has 0 radical (unpaired) electrons. The molecule has 6 aromatic heterocycles. The van der Waals surface area contributed by atoms with Gasteiger partial charge in [-0.25, -0.2) is 39.9 Å². The molecule has 23 nitrogen and oxygen atoms in total. The lowest BCUT2D eigenvalue weighted by Crippen LogP contribution is -2.40. The number of rotatable bonds is 9. The summed E-state index contributed by atoms with van der Waals surface area (Å²) in [5.74, 6) is 1.64. The van der Waals surface area contributed by atoms with Crippen molar-refractivity contribution in [3.8, 4) is 22.5 Å². The van der Waals surface area contributed by atoms with Crippen LogP contribution in [0.3, 0.4) is 0 Å². The highest BCUT2D eigenvalue weighted by atomic mass is 35.5. The summed E-state index contributed by atoms with van der Waals surface area (Å²) in [5, 5.41) is 3.41. The molecule has 0 unspecified atom stereocenters. The Bertz CT molecular complexity index is 2820. The van der Waals surface area contributed by atoms with Crippen molar-refractivity contribution in [3.63, 3.8) is 0 Å². The number of hydrogen-bond acceptors (Lipinski definition) is 21. The van der Waals surface area contributed by atoms with Crippen LogP contribution in [0, 0.1) is 0 Å². The predicted molar refractivity (Wildman–Crippen MR) is 254 cm³/mol. The van der Waals surface area contributed by atoms with Crippen LogP contribution in [0.4, 0.5) is 50.1 Å². The Kier molecular flexibility index (Phi) is 17.4. The van der Waals surface area contributed by atoms with Crippen LogP contribution in [-0.2, 0) is 23.8 Å². The number of halogens is 7. The van der Waals surface area contributed by atoms with E-state index in [1.54, 1.807) is 31.1 Å². The number of nitrogen functional groups attached to an aromatic ring is 2. The topological polar surface area (TPSA) is 274 Å². The lowest BCUT2D eigenvalue weighted by Gasteiger charge is -2.33. The number of alkyl halides is 6. The van der Waals surface area contributed by atoms with E-state index in [4.69, 9.17) is 40.9 Å². The molecule has 0 atom stereocenters. The van der Waals surface area contributed by atoms with Crippen LogP contribution in [0.25, 0.3) is 44.8 Å². The van der Waals surface area contributed by atoms with Gasteiger partial charge in [0.05, 0.1) is 51.9 Å². The minimum atomic E-state index is -4.59. The molecule has 72 heavy (non-hydrogen) atoms. The van der Waals surface area contributed by atoms with E-state index < -0.39 is 35.6 Å². The zero-order valence-corrected chi connectivity index (χ0v) is 40.5. The van der Waals surface area contributed by atoms with Crippen LogP contribution in [0.2, 0.25) is 0 Å². The fourth-order valence-corrected chi connectivity index (χ4v) is 8.69. The first-order valence-corrected chi connectivity index (χ1v) is 24.4. The summed E-state index contributed by atoms with van der Waals surface area (Å²) in [4.78, 5) is 50.6. The number of fused-ring (bicyclic) bond motifs is 2. The maximum absolute atomic E-state index is 12.8. The summed E-state index contributed by atoms with van der Waals surface area (Å²) in [5.41, 5.74) is 16.9. The summed E-state index contributed by atoms with van der Waals surface area (Å²) in [6.07, 6.45) is 5.22. The molecule has 0 bridgehead atoms. The van der Waals surface area contributed by atoms with E-state index in [0.717, 1.165) is 61.4 Å². The molecule has 4 aliphatic heterocycles. The largest absolute Gasteiger partial charge is 0.413 e. The fourth-order valence-electron chi connectivity index (χ4n) is 8.35. The van der Waals surface area contributed by atoms with Gasteiger partial charge in [-0.2, -0.15) is 44.7 Å². The summed E-state index contributed by atoms with van der Waals surface area (Å²) in [6.45, 7) is 5.47. The molecule has 0 aromatic carbocycles. The number of nitrogens with one attached hydrogen (secondary N) is 1. The number of aromatic nitrogens is 12. The quantitative estimate of drug-likeness (QED) is 0.138. The van der Waals surface area contributed by atoms with Crippen LogP contribution in [-0.4, -0.2) is 183 Å². The van der Waals surface area contributed by atoms with Crippen molar-refractivity contribution in [1.82, 2.24) is 69.2 Å². The van der Waals surface area contributed by atoms with Gasteiger partial charge in [-0.15, -0.1) is 12.4 Å². The maximum atomic E-state index is 12.8. The molecular formula is C41H53ClF6N18O5S. The zero-order valence-electron chi connectivity index (χ0n) is 38.8. The molecule has 31 heteroatoms. The van der Waals surface area contributed by atoms with Crippen molar-refractivity contribution in [1.29, 1.82) is 0 Å². The van der Waals surface area contributed by atoms with Gasteiger partial charge in [0, 0.05) is 87.3 Å². The first-order valence-electron chi connectivity index (χ1n) is 22.6. The Labute approximate surface area is 414 Å². The van der Waals surface area contributed by atoms with Crippen LogP contribution in [0.5, 0.6) is 0 Å². The van der Waals surface area contributed by atoms with Gasteiger partial charge in [0.15, 0.2) is 17.9 Å². The average molecular weight is 1060 g/mol. The molecular weight excluding hydrogens is 1010 g/mol. The van der Waals surface area contributed by atoms with Crippen molar-refractivity contribution in [2.45, 2.75) is 50.1 Å². The summed E-state index contributed by atoms with van der Waals surface area (Å²) >= 11 is 0. The second kappa shape index (κ2) is 23.3. The van der Waals surface area contributed by atoms with Gasteiger partial charge in [0.25, 0.3) is 10.1 Å². The third-order valence-corrected chi connectivity index (χ3v) is 12.3. The van der Waals surface area contributed by atoms with E-state index >= 15 is 0 Å². The molecule has 0 spiro atoms. The third-order valence-electron chi connectivity index (χ3n) is 11.8. The summed E-state index contributed by atoms with van der Waals surface area (Å²) in [6, 6.07) is 0.386. The second-order valence-corrected chi connectivity index (χ2v) is 18.6. The summed E-state index contributed by atoms with van der Waals surface area (Å²) in [7, 11) is -3.98. The van der Waals surface area contributed by atoms with E-state index in [0.29, 0.717) is 112 Å². The van der Waals surface area contributed by atoms with Crippen molar-refractivity contribution >= 4 is 68.6 Å².